The Kier molecular flexibility index (Phi) is 6.12. The molecule has 0 saturated heterocycles. The fourth-order valence-electron chi connectivity index (χ4n) is 3.44. The van der Waals surface area contributed by atoms with Gasteiger partial charge in [-0.15, -0.1) is 0 Å². The van der Waals surface area contributed by atoms with Crippen molar-refractivity contribution in [3.05, 3.63) is 71.8 Å². The molecule has 0 radical (unpaired) electrons. The van der Waals surface area contributed by atoms with Crippen molar-refractivity contribution < 1.29 is 9.21 Å². The van der Waals surface area contributed by atoms with Crippen molar-refractivity contribution in [2.24, 2.45) is 0 Å². The molecule has 1 N–H and O–H groups in total. The normalized spacial score (nSPS) is 12.3. The number of nitrogens with one attached hydrogen (secondary N) is 1. The molecule has 2 heterocycles. The van der Waals surface area contributed by atoms with Crippen molar-refractivity contribution in [3.63, 3.8) is 0 Å². The number of anilines is 1. The topological polar surface area (TPSA) is 60.1 Å². The van der Waals surface area contributed by atoms with Gasteiger partial charge < -0.3 is 9.73 Å². The van der Waals surface area contributed by atoms with Crippen LogP contribution in [0.5, 0.6) is 0 Å². The molecule has 5 heteroatoms. The number of hydrogen-bond donors (Lipinski definition) is 1. The van der Waals surface area contributed by atoms with Crippen molar-refractivity contribution >= 4 is 11.7 Å². The predicted octanol–water partition coefficient (Wildman–Crippen LogP) is 5.31. The summed E-state index contributed by atoms with van der Waals surface area (Å²) < 4.78 is 7.55. The molecule has 27 heavy (non-hydrogen) atoms. The van der Waals surface area contributed by atoms with Gasteiger partial charge in [-0.05, 0) is 37.5 Å². The predicted molar refractivity (Wildman–Crippen MR) is 107 cm³/mol. The molecule has 0 aliphatic rings. The molecule has 0 spiro atoms. The van der Waals surface area contributed by atoms with Crippen LogP contribution in [0, 0.1) is 6.92 Å². The molecular weight excluding hydrogens is 338 g/mol. The lowest BCUT2D eigenvalue weighted by molar-refractivity contribution is -0.116. The molecule has 3 rings (SSSR count). The lowest BCUT2D eigenvalue weighted by Gasteiger charge is -2.19. The summed E-state index contributed by atoms with van der Waals surface area (Å²) in [7, 11) is 0. The molecule has 1 atom stereocenters. The Hall–Kier alpha value is -2.82. The molecule has 0 fully saturated rings. The highest BCUT2D eigenvalue weighted by atomic mass is 16.3. The Balaban J connectivity index is 1.81. The van der Waals surface area contributed by atoms with Crippen LogP contribution in [0.15, 0.2) is 59.3 Å². The SMILES string of the molecule is CCC(CC)n1ncc(C)c1NC(=O)C[C@H](c1ccccc1)c1ccco1. The summed E-state index contributed by atoms with van der Waals surface area (Å²) in [6.07, 6.45) is 5.72. The Morgan fingerprint density at radius 2 is 1.89 bits per heavy atom. The number of amides is 1. The average molecular weight is 365 g/mol. The summed E-state index contributed by atoms with van der Waals surface area (Å²) >= 11 is 0. The van der Waals surface area contributed by atoms with E-state index in [9.17, 15) is 4.79 Å². The highest BCUT2D eigenvalue weighted by Crippen LogP contribution is 2.30. The maximum Gasteiger partial charge on any atom is 0.226 e. The molecule has 0 unspecified atom stereocenters. The summed E-state index contributed by atoms with van der Waals surface area (Å²) in [5.41, 5.74) is 2.04. The van der Waals surface area contributed by atoms with Gasteiger partial charge in [0.1, 0.15) is 11.6 Å². The van der Waals surface area contributed by atoms with Gasteiger partial charge >= 0.3 is 0 Å². The number of furan rings is 1. The third-order valence-corrected chi connectivity index (χ3v) is 5.00. The zero-order valence-corrected chi connectivity index (χ0v) is 16.2. The number of hydrogen-bond acceptors (Lipinski definition) is 3. The first-order valence-electron chi connectivity index (χ1n) is 9.56. The van der Waals surface area contributed by atoms with Gasteiger partial charge in [-0.1, -0.05) is 44.2 Å². The smallest absolute Gasteiger partial charge is 0.226 e. The van der Waals surface area contributed by atoms with Gasteiger partial charge in [0, 0.05) is 12.0 Å². The Bertz CT molecular complexity index is 849. The van der Waals surface area contributed by atoms with Gasteiger partial charge in [0.05, 0.1) is 24.4 Å². The van der Waals surface area contributed by atoms with Crippen LogP contribution in [0.4, 0.5) is 5.82 Å². The van der Waals surface area contributed by atoms with E-state index in [1.165, 1.54) is 0 Å². The molecule has 0 saturated carbocycles. The quantitative estimate of drug-likeness (QED) is 0.589. The van der Waals surface area contributed by atoms with Crippen LogP contribution in [-0.2, 0) is 4.79 Å². The van der Waals surface area contributed by atoms with E-state index < -0.39 is 0 Å². The molecule has 0 aliphatic heterocycles. The highest BCUT2D eigenvalue weighted by Gasteiger charge is 2.23. The van der Waals surface area contributed by atoms with Crippen molar-refractivity contribution in [2.75, 3.05) is 5.32 Å². The van der Waals surface area contributed by atoms with E-state index in [1.807, 2.05) is 60.3 Å². The minimum absolute atomic E-state index is 0.0453. The standard InChI is InChI=1S/C22H27N3O2/c1-4-18(5-2)25-22(16(3)15-23-25)24-21(26)14-19(20-12-9-13-27-20)17-10-7-6-8-11-17/h6-13,15,18-19H,4-5,14H2,1-3H3,(H,24,26)/t19-/m1/s1. The summed E-state index contributed by atoms with van der Waals surface area (Å²) in [6, 6.07) is 14.1. The van der Waals surface area contributed by atoms with Crippen molar-refractivity contribution in [1.29, 1.82) is 0 Å². The third kappa shape index (κ3) is 4.30. The number of aromatic nitrogens is 2. The maximum atomic E-state index is 12.9. The van der Waals surface area contributed by atoms with E-state index in [0.717, 1.165) is 35.5 Å². The van der Waals surface area contributed by atoms with E-state index in [1.54, 1.807) is 6.26 Å². The van der Waals surface area contributed by atoms with Crippen LogP contribution >= 0.6 is 0 Å². The summed E-state index contributed by atoms with van der Waals surface area (Å²) in [6.45, 7) is 6.25. The number of carbonyl (C=O) groups is 1. The zero-order valence-electron chi connectivity index (χ0n) is 16.2. The Morgan fingerprint density at radius 1 is 1.15 bits per heavy atom. The van der Waals surface area contributed by atoms with E-state index >= 15 is 0 Å². The van der Waals surface area contributed by atoms with E-state index in [0.29, 0.717) is 6.42 Å². The van der Waals surface area contributed by atoms with Crippen LogP contribution in [0.2, 0.25) is 0 Å². The molecule has 3 aromatic rings. The van der Waals surface area contributed by atoms with E-state index in [2.05, 4.69) is 24.3 Å². The second-order valence-corrected chi connectivity index (χ2v) is 6.82. The van der Waals surface area contributed by atoms with Crippen molar-refractivity contribution in [2.45, 2.75) is 52.0 Å². The first-order valence-corrected chi connectivity index (χ1v) is 9.56. The number of nitrogens with zero attached hydrogens (tertiary/aromatic N) is 2. The molecule has 1 aromatic carbocycles. The summed E-state index contributed by atoms with van der Waals surface area (Å²) in [4.78, 5) is 12.9. The van der Waals surface area contributed by atoms with E-state index in [4.69, 9.17) is 4.42 Å². The first kappa shape index (κ1) is 19.0. The molecule has 0 bridgehead atoms. The lowest BCUT2D eigenvalue weighted by Crippen LogP contribution is -2.21. The van der Waals surface area contributed by atoms with E-state index in [-0.39, 0.29) is 17.9 Å². The third-order valence-electron chi connectivity index (χ3n) is 5.00. The fourth-order valence-corrected chi connectivity index (χ4v) is 3.44. The van der Waals surface area contributed by atoms with Gasteiger partial charge in [0.25, 0.3) is 0 Å². The average Bonchev–Trinajstić information content (AvgIpc) is 3.33. The van der Waals surface area contributed by atoms with Gasteiger partial charge in [0.15, 0.2) is 0 Å². The molecule has 0 aliphatic carbocycles. The van der Waals surface area contributed by atoms with Crippen molar-refractivity contribution in [1.82, 2.24) is 9.78 Å². The molecular formula is C22H27N3O2. The second kappa shape index (κ2) is 8.71. The molecule has 142 valence electrons. The fraction of sp³-hybridized carbons (Fsp3) is 0.364. The maximum absolute atomic E-state index is 12.9. The van der Waals surface area contributed by atoms with Crippen LogP contribution < -0.4 is 5.32 Å². The summed E-state index contributed by atoms with van der Waals surface area (Å²) in [5, 5.41) is 7.57. The monoisotopic (exact) mass is 365 g/mol. The Morgan fingerprint density at radius 3 is 2.52 bits per heavy atom. The largest absolute Gasteiger partial charge is 0.469 e. The van der Waals surface area contributed by atoms with Gasteiger partial charge in [-0.3, -0.25) is 4.79 Å². The van der Waals surface area contributed by atoms with Crippen LogP contribution in [0.25, 0.3) is 0 Å². The highest BCUT2D eigenvalue weighted by molar-refractivity contribution is 5.91. The van der Waals surface area contributed by atoms with Gasteiger partial charge in [-0.2, -0.15) is 5.10 Å². The lowest BCUT2D eigenvalue weighted by atomic mass is 9.93. The summed E-state index contributed by atoms with van der Waals surface area (Å²) in [5.74, 6) is 1.42. The van der Waals surface area contributed by atoms with Crippen LogP contribution in [-0.4, -0.2) is 15.7 Å². The van der Waals surface area contributed by atoms with Crippen LogP contribution in [0.1, 0.15) is 62.0 Å². The molecule has 5 nitrogen and oxygen atoms in total. The number of aryl methyl sites for hydroxylation is 1. The van der Waals surface area contributed by atoms with Gasteiger partial charge in [0.2, 0.25) is 5.91 Å². The minimum Gasteiger partial charge on any atom is -0.469 e. The minimum atomic E-state index is -0.119. The number of carbonyl (C=O) groups excluding carboxylic acids is 1. The molecule has 1 amide bonds. The van der Waals surface area contributed by atoms with Crippen molar-refractivity contribution in [3.8, 4) is 0 Å². The number of rotatable bonds is 8. The Labute approximate surface area is 160 Å². The number of benzene rings is 1. The zero-order chi connectivity index (χ0) is 19.2. The van der Waals surface area contributed by atoms with Crippen LogP contribution in [0.3, 0.4) is 0 Å². The second-order valence-electron chi connectivity index (χ2n) is 6.82. The molecule has 2 aromatic heterocycles. The van der Waals surface area contributed by atoms with Gasteiger partial charge in [-0.25, -0.2) is 4.68 Å². The first-order chi connectivity index (χ1) is 13.1.